The summed E-state index contributed by atoms with van der Waals surface area (Å²) >= 11 is 0. The number of benzene rings is 1. The summed E-state index contributed by atoms with van der Waals surface area (Å²) in [6.45, 7) is 2.96. The van der Waals surface area contributed by atoms with Crippen molar-refractivity contribution in [1.29, 1.82) is 0 Å². The number of carbonyl (C=O) groups excluding carboxylic acids is 2. The minimum atomic E-state index is -0.447. The Morgan fingerprint density at radius 3 is 2.42 bits per heavy atom. The van der Waals surface area contributed by atoms with Crippen molar-refractivity contribution in [3.8, 4) is 0 Å². The van der Waals surface area contributed by atoms with Gasteiger partial charge in [-0.25, -0.2) is 0 Å². The standard InChI is InChI=1S/C15H20O4/c1-13(16)11-15(17)19-10-6-5-9-18-12-14-7-3-2-4-8-14/h2-4,7-8H,5-6,9-12H2,1H3. The van der Waals surface area contributed by atoms with Crippen LogP contribution < -0.4 is 0 Å². The second-order valence-electron chi connectivity index (χ2n) is 4.34. The van der Waals surface area contributed by atoms with E-state index in [0.29, 0.717) is 19.8 Å². The van der Waals surface area contributed by atoms with Gasteiger partial charge in [0.25, 0.3) is 0 Å². The molecule has 0 atom stereocenters. The van der Waals surface area contributed by atoms with E-state index in [9.17, 15) is 9.59 Å². The van der Waals surface area contributed by atoms with Crippen LogP contribution in [0.1, 0.15) is 31.7 Å². The van der Waals surface area contributed by atoms with Gasteiger partial charge >= 0.3 is 5.97 Å². The smallest absolute Gasteiger partial charge is 0.313 e. The monoisotopic (exact) mass is 264 g/mol. The summed E-state index contributed by atoms with van der Waals surface area (Å²) in [4.78, 5) is 21.7. The fourth-order valence-electron chi connectivity index (χ4n) is 1.51. The molecule has 0 saturated carbocycles. The highest BCUT2D eigenvalue weighted by atomic mass is 16.5. The van der Waals surface area contributed by atoms with Crippen molar-refractivity contribution >= 4 is 11.8 Å². The first-order valence-corrected chi connectivity index (χ1v) is 6.45. The molecule has 4 nitrogen and oxygen atoms in total. The minimum Gasteiger partial charge on any atom is -0.465 e. The molecule has 0 aliphatic heterocycles. The third kappa shape index (κ3) is 8.11. The second kappa shape index (κ2) is 9.28. The highest BCUT2D eigenvalue weighted by molar-refractivity contribution is 5.94. The van der Waals surface area contributed by atoms with Crippen molar-refractivity contribution in [2.24, 2.45) is 0 Å². The highest BCUT2D eigenvalue weighted by Gasteiger charge is 2.05. The molecule has 1 aromatic rings. The summed E-state index contributed by atoms with van der Waals surface area (Å²) in [5, 5.41) is 0. The molecule has 0 aromatic heterocycles. The molecule has 0 N–H and O–H groups in total. The number of esters is 1. The number of carbonyl (C=O) groups is 2. The van der Waals surface area contributed by atoms with Crippen molar-refractivity contribution < 1.29 is 19.1 Å². The van der Waals surface area contributed by atoms with Crippen LogP contribution in [0.15, 0.2) is 30.3 Å². The number of hydrogen-bond acceptors (Lipinski definition) is 4. The molecule has 104 valence electrons. The number of rotatable bonds is 9. The first-order chi connectivity index (χ1) is 9.18. The first kappa shape index (κ1) is 15.4. The molecule has 0 spiro atoms. The fourth-order valence-corrected chi connectivity index (χ4v) is 1.51. The lowest BCUT2D eigenvalue weighted by Crippen LogP contribution is -2.10. The Morgan fingerprint density at radius 1 is 1.05 bits per heavy atom. The van der Waals surface area contributed by atoms with Crippen LogP contribution in [0.3, 0.4) is 0 Å². The highest BCUT2D eigenvalue weighted by Crippen LogP contribution is 2.01. The zero-order valence-electron chi connectivity index (χ0n) is 11.3. The topological polar surface area (TPSA) is 52.6 Å². The number of ketones is 1. The molecule has 0 aliphatic carbocycles. The molecule has 0 bridgehead atoms. The Hall–Kier alpha value is -1.68. The number of hydrogen-bond donors (Lipinski definition) is 0. The Balaban J connectivity index is 1.94. The maximum absolute atomic E-state index is 11.1. The lowest BCUT2D eigenvalue weighted by molar-refractivity contribution is -0.145. The van der Waals surface area contributed by atoms with E-state index in [1.54, 1.807) is 0 Å². The quantitative estimate of drug-likeness (QED) is 0.390. The summed E-state index contributed by atoms with van der Waals surface area (Å²) in [6, 6.07) is 9.96. The fraction of sp³-hybridized carbons (Fsp3) is 0.467. The molecular weight excluding hydrogens is 244 g/mol. The van der Waals surface area contributed by atoms with Gasteiger partial charge in [-0.3, -0.25) is 9.59 Å². The van der Waals surface area contributed by atoms with Crippen molar-refractivity contribution in [1.82, 2.24) is 0 Å². The van der Waals surface area contributed by atoms with Crippen LogP contribution >= 0.6 is 0 Å². The molecule has 19 heavy (non-hydrogen) atoms. The molecule has 0 fully saturated rings. The molecule has 0 unspecified atom stereocenters. The van der Waals surface area contributed by atoms with Crippen LogP contribution in [0.5, 0.6) is 0 Å². The van der Waals surface area contributed by atoms with Crippen molar-refractivity contribution in [2.45, 2.75) is 32.8 Å². The third-order valence-corrected chi connectivity index (χ3v) is 2.45. The Morgan fingerprint density at radius 2 is 1.74 bits per heavy atom. The molecule has 0 heterocycles. The largest absolute Gasteiger partial charge is 0.465 e. The number of Topliss-reactive ketones (excluding diaryl/α,β-unsaturated/α-hetero) is 1. The molecular formula is C15H20O4. The zero-order valence-corrected chi connectivity index (χ0v) is 11.3. The average Bonchev–Trinajstić information content (AvgIpc) is 2.38. The Labute approximate surface area is 113 Å². The first-order valence-electron chi connectivity index (χ1n) is 6.45. The number of unbranched alkanes of at least 4 members (excludes halogenated alkanes) is 1. The lowest BCUT2D eigenvalue weighted by Gasteiger charge is -2.05. The van der Waals surface area contributed by atoms with Gasteiger partial charge in [0.2, 0.25) is 0 Å². The van der Waals surface area contributed by atoms with E-state index in [1.165, 1.54) is 6.92 Å². The molecule has 1 rings (SSSR count). The van der Waals surface area contributed by atoms with Crippen molar-refractivity contribution in [2.75, 3.05) is 13.2 Å². The molecule has 4 heteroatoms. The predicted octanol–water partition coefficient (Wildman–Crippen LogP) is 2.51. The summed E-state index contributed by atoms with van der Waals surface area (Å²) < 4.78 is 10.4. The van der Waals surface area contributed by atoms with Crippen molar-refractivity contribution in [3.63, 3.8) is 0 Å². The Bertz CT molecular complexity index is 386. The zero-order chi connectivity index (χ0) is 13.9. The van der Waals surface area contributed by atoms with E-state index in [1.807, 2.05) is 30.3 Å². The van der Waals surface area contributed by atoms with Gasteiger partial charge in [0.1, 0.15) is 12.2 Å². The van der Waals surface area contributed by atoms with Gasteiger partial charge in [-0.2, -0.15) is 0 Å². The minimum absolute atomic E-state index is 0.134. The normalized spacial score (nSPS) is 10.2. The van der Waals surface area contributed by atoms with Crippen LogP contribution in [0.25, 0.3) is 0 Å². The van der Waals surface area contributed by atoms with Crippen LogP contribution in [0.4, 0.5) is 0 Å². The molecule has 0 saturated heterocycles. The summed E-state index contributed by atoms with van der Waals surface area (Å²) in [6.07, 6.45) is 1.45. The SMILES string of the molecule is CC(=O)CC(=O)OCCCCOCc1ccccc1. The number of ether oxygens (including phenoxy) is 2. The van der Waals surface area contributed by atoms with E-state index in [-0.39, 0.29) is 12.2 Å². The van der Waals surface area contributed by atoms with E-state index < -0.39 is 5.97 Å². The second-order valence-corrected chi connectivity index (χ2v) is 4.34. The molecule has 1 aromatic carbocycles. The average molecular weight is 264 g/mol. The van der Waals surface area contributed by atoms with E-state index in [4.69, 9.17) is 9.47 Å². The van der Waals surface area contributed by atoms with Crippen LogP contribution in [0, 0.1) is 0 Å². The van der Waals surface area contributed by atoms with Gasteiger partial charge in [0, 0.05) is 6.61 Å². The maximum atomic E-state index is 11.1. The Kier molecular flexibility index (Phi) is 7.51. The van der Waals surface area contributed by atoms with Crippen LogP contribution in [-0.2, 0) is 25.7 Å². The van der Waals surface area contributed by atoms with E-state index in [2.05, 4.69) is 0 Å². The summed E-state index contributed by atoms with van der Waals surface area (Å²) in [5.41, 5.74) is 1.15. The third-order valence-electron chi connectivity index (χ3n) is 2.45. The van der Waals surface area contributed by atoms with Gasteiger partial charge in [0.05, 0.1) is 13.2 Å². The molecule has 0 aliphatic rings. The van der Waals surface area contributed by atoms with Gasteiger partial charge in [-0.1, -0.05) is 30.3 Å². The lowest BCUT2D eigenvalue weighted by atomic mass is 10.2. The summed E-state index contributed by atoms with van der Waals surface area (Å²) in [7, 11) is 0. The van der Waals surface area contributed by atoms with E-state index >= 15 is 0 Å². The van der Waals surface area contributed by atoms with Gasteiger partial charge in [0.15, 0.2) is 0 Å². The van der Waals surface area contributed by atoms with Crippen LogP contribution in [0.2, 0.25) is 0 Å². The van der Waals surface area contributed by atoms with E-state index in [0.717, 1.165) is 18.4 Å². The van der Waals surface area contributed by atoms with Gasteiger partial charge in [-0.15, -0.1) is 0 Å². The van der Waals surface area contributed by atoms with Crippen LogP contribution in [-0.4, -0.2) is 25.0 Å². The van der Waals surface area contributed by atoms with Gasteiger partial charge < -0.3 is 9.47 Å². The predicted molar refractivity (Wildman–Crippen MR) is 71.6 cm³/mol. The molecule has 0 amide bonds. The summed E-state index contributed by atoms with van der Waals surface area (Å²) in [5.74, 6) is -0.617. The van der Waals surface area contributed by atoms with Gasteiger partial charge in [-0.05, 0) is 25.3 Å². The molecule has 0 radical (unpaired) electrons. The van der Waals surface area contributed by atoms with Crippen molar-refractivity contribution in [3.05, 3.63) is 35.9 Å². The maximum Gasteiger partial charge on any atom is 0.313 e.